The van der Waals surface area contributed by atoms with Crippen LogP contribution in [0, 0.1) is 0 Å². The Balaban J connectivity index is 5.06. The van der Waals surface area contributed by atoms with Gasteiger partial charge in [-0.3, -0.25) is 14.2 Å². The van der Waals surface area contributed by atoms with Crippen LogP contribution < -0.4 is 10.2 Å². The first-order valence-electron chi connectivity index (χ1n) is 37.2. The number of quaternary nitrogens is 1. The van der Waals surface area contributed by atoms with Crippen LogP contribution in [0.25, 0.3) is 0 Å². The SMILES string of the molecule is CC/C=C\C/C=C\C/C=C\C/C=C\C/C=C\CCCCCCCCCCCC(=O)OC(/C=C/CCCCCCCCCCCCC)C(COP(=O)([O-])OCC[N+](C)(C)C)NC(=O)CCCCCCCCCCCCCCCCCCCCCCCCC. The number of nitrogens with one attached hydrogen (secondary N) is 1. The second-order valence-corrected chi connectivity index (χ2v) is 27.8. The molecule has 508 valence electrons. The van der Waals surface area contributed by atoms with Gasteiger partial charge in [0.1, 0.15) is 19.3 Å². The molecule has 3 atom stereocenters. The van der Waals surface area contributed by atoms with Gasteiger partial charge in [0.05, 0.1) is 33.8 Å². The molecule has 0 radical (unpaired) electrons. The van der Waals surface area contributed by atoms with Gasteiger partial charge in [0, 0.05) is 12.8 Å². The number of esters is 1. The van der Waals surface area contributed by atoms with Crippen molar-refractivity contribution >= 4 is 19.7 Å². The standard InChI is InChI=1S/C77H143N2O7P/c1-7-10-13-16-19-22-25-28-30-32-34-36-38-39-41-43-45-47-49-52-55-58-61-64-67-70-77(81)86-75(68-65-62-59-56-53-50-27-24-21-18-15-12-9-3)74(73-85-87(82,83)84-72-71-79(4,5)6)78-76(80)69-66-63-60-57-54-51-48-46-44-42-40-37-35-33-31-29-26-23-20-17-14-11-8-2/h10,13,19,22,28,30,34,36,39,41,65,68,74-75H,7-9,11-12,14-18,20-21,23-27,29,31-33,35,37-38,40,42-64,66-67,69-73H2,1-6H3,(H-,78,80,82,83)/b13-10-,22-19-,30-28-,36-34-,41-39-,68-65+. The van der Waals surface area contributed by atoms with E-state index < -0.39 is 20.0 Å². The molecule has 0 aliphatic heterocycles. The molecule has 0 saturated heterocycles. The zero-order valence-corrected chi connectivity index (χ0v) is 59.1. The predicted octanol–water partition coefficient (Wildman–Crippen LogP) is 23.3. The number of nitrogens with zero attached hydrogens (tertiary/aromatic N) is 1. The molecule has 1 N–H and O–H groups in total. The summed E-state index contributed by atoms with van der Waals surface area (Å²) in [5.41, 5.74) is 0. The predicted molar refractivity (Wildman–Crippen MR) is 376 cm³/mol. The van der Waals surface area contributed by atoms with Crippen molar-refractivity contribution in [2.45, 2.75) is 367 Å². The highest BCUT2D eigenvalue weighted by Crippen LogP contribution is 2.38. The number of carbonyl (C=O) groups is 2. The fraction of sp³-hybridized carbons (Fsp3) is 0.818. The van der Waals surface area contributed by atoms with Crippen LogP contribution in [0.1, 0.15) is 355 Å². The highest BCUT2D eigenvalue weighted by atomic mass is 31.2. The Morgan fingerprint density at radius 1 is 0.414 bits per heavy atom. The zero-order valence-electron chi connectivity index (χ0n) is 58.2. The Labute approximate surface area is 540 Å². The van der Waals surface area contributed by atoms with Crippen LogP contribution in [0.15, 0.2) is 72.9 Å². The number of phosphoric ester groups is 1. The first kappa shape index (κ1) is 84.5. The fourth-order valence-electron chi connectivity index (χ4n) is 11.0. The van der Waals surface area contributed by atoms with Crippen molar-refractivity contribution in [2.24, 2.45) is 0 Å². The van der Waals surface area contributed by atoms with Gasteiger partial charge >= 0.3 is 5.97 Å². The van der Waals surface area contributed by atoms with Crippen molar-refractivity contribution in [3.63, 3.8) is 0 Å². The third-order valence-corrected chi connectivity index (χ3v) is 17.6. The molecular formula is C77H143N2O7P. The molecule has 0 aromatic heterocycles. The van der Waals surface area contributed by atoms with Crippen molar-refractivity contribution in [3.05, 3.63) is 72.9 Å². The molecule has 0 aromatic rings. The number of carbonyl (C=O) groups excluding carboxylic acids is 2. The number of phosphoric acid groups is 1. The number of amides is 1. The average Bonchev–Trinajstić information content (AvgIpc) is 3.70. The van der Waals surface area contributed by atoms with Gasteiger partial charge in [-0.2, -0.15) is 0 Å². The number of allylic oxidation sites excluding steroid dienone is 11. The Kier molecular flexibility index (Phi) is 64.4. The molecule has 0 spiro atoms. The van der Waals surface area contributed by atoms with Gasteiger partial charge in [-0.1, -0.05) is 338 Å². The van der Waals surface area contributed by atoms with Crippen LogP contribution >= 0.6 is 7.82 Å². The van der Waals surface area contributed by atoms with E-state index in [4.69, 9.17) is 13.8 Å². The second-order valence-electron chi connectivity index (χ2n) is 26.4. The third-order valence-electron chi connectivity index (χ3n) is 16.7. The molecule has 9 nitrogen and oxygen atoms in total. The van der Waals surface area contributed by atoms with E-state index in [1.54, 1.807) is 0 Å². The lowest BCUT2D eigenvalue weighted by Crippen LogP contribution is -2.47. The van der Waals surface area contributed by atoms with Gasteiger partial charge in [0.25, 0.3) is 7.82 Å². The zero-order chi connectivity index (χ0) is 63.5. The maximum atomic E-state index is 13.6. The van der Waals surface area contributed by atoms with Gasteiger partial charge < -0.3 is 28.5 Å². The molecule has 87 heavy (non-hydrogen) atoms. The third kappa shape index (κ3) is 67.7. The maximum absolute atomic E-state index is 13.6. The van der Waals surface area contributed by atoms with E-state index in [0.29, 0.717) is 17.4 Å². The first-order chi connectivity index (χ1) is 42.4. The van der Waals surface area contributed by atoms with E-state index in [2.05, 4.69) is 86.8 Å². The summed E-state index contributed by atoms with van der Waals surface area (Å²) in [5, 5.41) is 3.05. The fourth-order valence-corrected chi connectivity index (χ4v) is 11.7. The quantitative estimate of drug-likeness (QED) is 0.0212. The second kappa shape index (κ2) is 66.4. The summed E-state index contributed by atoms with van der Waals surface area (Å²) in [6, 6.07) is -0.893. The molecule has 10 heteroatoms. The minimum atomic E-state index is -4.71. The molecule has 0 aliphatic carbocycles. The molecular weight excluding hydrogens is 1100 g/mol. The van der Waals surface area contributed by atoms with Gasteiger partial charge in [-0.25, -0.2) is 0 Å². The lowest BCUT2D eigenvalue weighted by molar-refractivity contribution is -0.870. The highest BCUT2D eigenvalue weighted by Gasteiger charge is 2.27. The molecule has 3 unspecified atom stereocenters. The number of ether oxygens (including phenoxy) is 1. The van der Waals surface area contributed by atoms with E-state index in [1.165, 1.54) is 218 Å². The smallest absolute Gasteiger partial charge is 0.306 e. The van der Waals surface area contributed by atoms with Crippen LogP contribution in [0.5, 0.6) is 0 Å². The first-order valence-corrected chi connectivity index (χ1v) is 38.7. The Morgan fingerprint density at radius 3 is 1.10 bits per heavy atom. The summed E-state index contributed by atoms with van der Waals surface area (Å²) in [4.78, 5) is 40.3. The normalized spacial score (nSPS) is 13.9. The van der Waals surface area contributed by atoms with Crippen LogP contribution in [0.3, 0.4) is 0 Å². The summed E-state index contributed by atoms with van der Waals surface area (Å²) in [6.45, 7) is 6.78. The lowest BCUT2D eigenvalue weighted by atomic mass is 10.0. The molecule has 1 amide bonds. The molecule has 0 saturated carbocycles. The van der Waals surface area contributed by atoms with E-state index in [0.717, 1.165) is 103 Å². The van der Waals surface area contributed by atoms with E-state index in [-0.39, 0.29) is 31.5 Å². The number of hydrogen-bond donors (Lipinski definition) is 1. The minimum Gasteiger partial charge on any atom is -0.756 e. The summed E-state index contributed by atoms with van der Waals surface area (Å²) in [6.07, 6.45) is 87.4. The van der Waals surface area contributed by atoms with Gasteiger partial charge in [-0.05, 0) is 76.7 Å². The van der Waals surface area contributed by atoms with E-state index in [1.807, 2.05) is 33.3 Å². The van der Waals surface area contributed by atoms with Crippen LogP contribution in [0.4, 0.5) is 0 Å². The Bertz CT molecular complexity index is 1720. The molecule has 0 heterocycles. The van der Waals surface area contributed by atoms with Crippen LogP contribution in [0.2, 0.25) is 0 Å². The van der Waals surface area contributed by atoms with E-state index >= 15 is 0 Å². The number of rotatable bonds is 68. The topological polar surface area (TPSA) is 114 Å². The maximum Gasteiger partial charge on any atom is 0.306 e. The highest BCUT2D eigenvalue weighted by molar-refractivity contribution is 7.45. The van der Waals surface area contributed by atoms with Crippen LogP contribution in [-0.4, -0.2) is 69.4 Å². The number of likely N-dealkylation sites (N-methyl/N-ethyl adjacent to an activating group) is 1. The molecule has 0 fully saturated rings. The Hall–Kier alpha value is -2.55. The minimum absolute atomic E-state index is 0.0233. The number of hydrogen-bond acceptors (Lipinski definition) is 7. The van der Waals surface area contributed by atoms with Crippen molar-refractivity contribution in [2.75, 3.05) is 40.9 Å². The van der Waals surface area contributed by atoms with Crippen molar-refractivity contribution in [1.29, 1.82) is 0 Å². The molecule has 0 rings (SSSR count). The summed E-state index contributed by atoms with van der Waals surface area (Å²) in [5.74, 6) is -0.533. The van der Waals surface area contributed by atoms with Gasteiger partial charge in [0.15, 0.2) is 0 Å². The molecule has 0 bridgehead atoms. The average molecular weight is 1240 g/mol. The van der Waals surface area contributed by atoms with Crippen molar-refractivity contribution < 1.29 is 37.3 Å². The van der Waals surface area contributed by atoms with Crippen molar-refractivity contribution in [3.8, 4) is 0 Å². The van der Waals surface area contributed by atoms with Crippen molar-refractivity contribution in [1.82, 2.24) is 5.32 Å². The summed E-state index contributed by atoms with van der Waals surface area (Å²) < 4.78 is 30.5. The monoisotopic (exact) mass is 1240 g/mol. The lowest BCUT2D eigenvalue weighted by Gasteiger charge is -2.30. The van der Waals surface area contributed by atoms with E-state index in [9.17, 15) is 19.0 Å². The largest absolute Gasteiger partial charge is 0.756 e. The van der Waals surface area contributed by atoms with Crippen LogP contribution in [-0.2, 0) is 27.9 Å². The summed E-state index contributed by atoms with van der Waals surface area (Å²) in [7, 11) is 1.19. The van der Waals surface area contributed by atoms with Gasteiger partial charge in [0.2, 0.25) is 5.91 Å². The molecule has 0 aliphatic rings. The molecule has 0 aromatic carbocycles. The number of unbranched alkanes of at least 4 members (excludes halogenated alkanes) is 42. The van der Waals surface area contributed by atoms with Gasteiger partial charge in [-0.15, -0.1) is 0 Å². The summed E-state index contributed by atoms with van der Waals surface area (Å²) >= 11 is 0. The Morgan fingerprint density at radius 2 is 0.736 bits per heavy atom.